The highest BCUT2D eigenvalue weighted by Crippen LogP contribution is 2.22. The number of hydrogen-bond donors (Lipinski definition) is 1. The van der Waals surface area contributed by atoms with Crippen LogP contribution < -0.4 is 10.2 Å². The number of imidazole rings is 1. The van der Waals surface area contributed by atoms with Crippen LogP contribution in [0.25, 0.3) is 0 Å². The Hall–Kier alpha value is -1.03. The fourth-order valence-electron chi connectivity index (χ4n) is 2.51. The van der Waals surface area contributed by atoms with Gasteiger partial charge in [-0.05, 0) is 40.7 Å². The summed E-state index contributed by atoms with van der Waals surface area (Å²) in [6, 6.07) is 1.07. The van der Waals surface area contributed by atoms with Crippen molar-refractivity contribution in [3.63, 3.8) is 0 Å². The van der Waals surface area contributed by atoms with Gasteiger partial charge in [-0.2, -0.15) is 0 Å². The number of nitrogens with zero attached hydrogens (tertiary/aromatic N) is 3. The van der Waals surface area contributed by atoms with Gasteiger partial charge in [0.1, 0.15) is 0 Å². The molecule has 0 bridgehead atoms. The number of likely N-dealkylation sites (N-methyl/N-ethyl adjacent to an activating group) is 1. The average Bonchev–Trinajstić information content (AvgIpc) is 2.72. The summed E-state index contributed by atoms with van der Waals surface area (Å²) in [6.07, 6.45) is 4.67. The Labute approximate surface area is 104 Å². The van der Waals surface area contributed by atoms with Crippen LogP contribution >= 0.6 is 0 Å². The summed E-state index contributed by atoms with van der Waals surface area (Å²) < 4.78 is 2.29. The van der Waals surface area contributed by atoms with Crippen molar-refractivity contribution < 1.29 is 0 Å². The van der Waals surface area contributed by atoms with Crippen molar-refractivity contribution in [3.8, 4) is 0 Å². The minimum atomic E-state index is 0.473. The summed E-state index contributed by atoms with van der Waals surface area (Å²) in [5, 5.41) is 3.38. The molecule has 0 radical (unpaired) electrons. The van der Waals surface area contributed by atoms with E-state index in [-0.39, 0.29) is 0 Å². The van der Waals surface area contributed by atoms with E-state index >= 15 is 0 Å². The summed E-state index contributed by atoms with van der Waals surface area (Å²) in [5.41, 5.74) is 1.11. The largest absolute Gasteiger partial charge is 0.341 e. The van der Waals surface area contributed by atoms with E-state index in [1.54, 1.807) is 0 Å². The van der Waals surface area contributed by atoms with E-state index < -0.39 is 0 Å². The van der Waals surface area contributed by atoms with Crippen LogP contribution in [-0.2, 0) is 0 Å². The Morgan fingerprint density at radius 3 is 2.88 bits per heavy atom. The van der Waals surface area contributed by atoms with Gasteiger partial charge >= 0.3 is 0 Å². The Morgan fingerprint density at radius 1 is 1.47 bits per heavy atom. The van der Waals surface area contributed by atoms with Crippen molar-refractivity contribution in [3.05, 3.63) is 11.9 Å². The van der Waals surface area contributed by atoms with Crippen LogP contribution in [0.3, 0.4) is 0 Å². The Kier molecular flexibility index (Phi) is 3.72. The molecule has 1 N–H and O–H groups in total. The highest BCUT2D eigenvalue weighted by Gasteiger charge is 2.22. The smallest absolute Gasteiger partial charge is 0.206 e. The third kappa shape index (κ3) is 2.63. The van der Waals surface area contributed by atoms with Crippen LogP contribution in [0.5, 0.6) is 0 Å². The van der Waals surface area contributed by atoms with Gasteiger partial charge in [-0.1, -0.05) is 0 Å². The fraction of sp³-hybridized carbons (Fsp3) is 0.769. The van der Waals surface area contributed by atoms with Gasteiger partial charge in [0.05, 0.1) is 5.69 Å². The lowest BCUT2D eigenvalue weighted by atomic mass is 10.1. The van der Waals surface area contributed by atoms with Crippen LogP contribution in [-0.4, -0.2) is 35.7 Å². The van der Waals surface area contributed by atoms with Crippen molar-refractivity contribution in [1.82, 2.24) is 14.9 Å². The number of aromatic nitrogens is 2. The maximum Gasteiger partial charge on any atom is 0.206 e. The van der Waals surface area contributed by atoms with Gasteiger partial charge in [0.25, 0.3) is 0 Å². The van der Waals surface area contributed by atoms with E-state index in [1.165, 1.54) is 12.8 Å². The normalized spacial score (nSPS) is 21.2. The number of rotatable bonds is 3. The second kappa shape index (κ2) is 5.08. The third-order valence-electron chi connectivity index (χ3n) is 3.50. The molecule has 1 aliphatic heterocycles. The minimum absolute atomic E-state index is 0.473. The zero-order chi connectivity index (χ0) is 12.4. The van der Waals surface area contributed by atoms with Crippen LogP contribution in [0, 0.1) is 6.92 Å². The maximum absolute atomic E-state index is 4.69. The molecule has 17 heavy (non-hydrogen) atoms. The standard InChI is InChI=1S/C13H24N4/c1-10(2)17-8-11(3)15-13(17)16-7-5-6-12(9-16)14-4/h8,10,12,14H,5-7,9H2,1-4H3. The Bertz CT molecular complexity index is 369. The topological polar surface area (TPSA) is 33.1 Å². The number of anilines is 1. The van der Waals surface area contributed by atoms with Crippen LogP contribution in [0.4, 0.5) is 5.95 Å². The molecule has 1 aliphatic rings. The zero-order valence-electron chi connectivity index (χ0n) is 11.4. The van der Waals surface area contributed by atoms with E-state index in [1.807, 2.05) is 7.05 Å². The average molecular weight is 236 g/mol. The number of piperidine rings is 1. The van der Waals surface area contributed by atoms with Crippen molar-refractivity contribution in [1.29, 1.82) is 0 Å². The molecule has 1 fully saturated rings. The third-order valence-corrected chi connectivity index (χ3v) is 3.50. The summed E-state index contributed by atoms with van der Waals surface area (Å²) in [5.74, 6) is 1.14. The summed E-state index contributed by atoms with van der Waals surface area (Å²) in [6.45, 7) is 8.69. The first kappa shape index (κ1) is 12.4. The predicted molar refractivity (Wildman–Crippen MR) is 71.6 cm³/mol. The van der Waals surface area contributed by atoms with Crippen molar-refractivity contribution in [2.75, 3.05) is 25.0 Å². The van der Waals surface area contributed by atoms with Crippen LogP contribution in [0.1, 0.15) is 38.4 Å². The summed E-state index contributed by atoms with van der Waals surface area (Å²) in [7, 11) is 2.05. The van der Waals surface area contributed by atoms with E-state index in [0.717, 1.165) is 24.7 Å². The predicted octanol–water partition coefficient (Wildman–Crippen LogP) is 1.96. The molecule has 0 amide bonds. The molecule has 0 aliphatic carbocycles. The molecule has 1 aromatic heterocycles. The molecule has 4 nitrogen and oxygen atoms in total. The number of hydrogen-bond acceptors (Lipinski definition) is 3. The highest BCUT2D eigenvalue weighted by atomic mass is 15.3. The SMILES string of the molecule is CNC1CCCN(c2nc(C)cn2C(C)C)C1. The van der Waals surface area contributed by atoms with Crippen molar-refractivity contribution in [2.24, 2.45) is 0 Å². The highest BCUT2D eigenvalue weighted by molar-refractivity contribution is 5.35. The molecule has 1 saturated heterocycles. The van der Waals surface area contributed by atoms with Crippen LogP contribution in [0.2, 0.25) is 0 Å². The zero-order valence-corrected chi connectivity index (χ0v) is 11.4. The van der Waals surface area contributed by atoms with Gasteiger partial charge in [0, 0.05) is 31.4 Å². The van der Waals surface area contributed by atoms with E-state index in [0.29, 0.717) is 12.1 Å². The minimum Gasteiger partial charge on any atom is -0.341 e. The second-order valence-electron chi connectivity index (χ2n) is 5.26. The van der Waals surface area contributed by atoms with Crippen molar-refractivity contribution >= 4 is 5.95 Å². The molecule has 2 rings (SSSR count). The lowest BCUT2D eigenvalue weighted by molar-refractivity contribution is 0.438. The fourth-order valence-corrected chi connectivity index (χ4v) is 2.51. The van der Waals surface area contributed by atoms with Crippen molar-refractivity contribution in [2.45, 2.75) is 45.7 Å². The first-order valence-electron chi connectivity index (χ1n) is 6.59. The van der Waals surface area contributed by atoms with Crippen LogP contribution in [0.15, 0.2) is 6.20 Å². The molecule has 0 saturated carbocycles. The van der Waals surface area contributed by atoms with E-state index in [2.05, 4.69) is 46.7 Å². The number of aryl methyl sites for hydroxylation is 1. The molecule has 96 valence electrons. The van der Waals surface area contributed by atoms with Gasteiger partial charge < -0.3 is 14.8 Å². The van der Waals surface area contributed by atoms with Gasteiger partial charge in [-0.25, -0.2) is 4.98 Å². The molecule has 1 unspecified atom stereocenters. The van der Waals surface area contributed by atoms with Gasteiger partial charge in [-0.15, -0.1) is 0 Å². The Morgan fingerprint density at radius 2 is 2.24 bits per heavy atom. The van der Waals surface area contributed by atoms with Gasteiger partial charge in [0.2, 0.25) is 5.95 Å². The maximum atomic E-state index is 4.69. The lowest BCUT2D eigenvalue weighted by Gasteiger charge is -2.34. The second-order valence-corrected chi connectivity index (χ2v) is 5.26. The molecular formula is C13H24N4. The molecule has 2 heterocycles. The first-order chi connectivity index (χ1) is 8.11. The summed E-state index contributed by atoms with van der Waals surface area (Å²) in [4.78, 5) is 7.10. The van der Waals surface area contributed by atoms with Gasteiger partial charge in [0.15, 0.2) is 0 Å². The summed E-state index contributed by atoms with van der Waals surface area (Å²) >= 11 is 0. The monoisotopic (exact) mass is 236 g/mol. The molecular weight excluding hydrogens is 212 g/mol. The molecule has 1 aromatic rings. The van der Waals surface area contributed by atoms with E-state index in [9.17, 15) is 0 Å². The lowest BCUT2D eigenvalue weighted by Crippen LogP contribution is -2.45. The van der Waals surface area contributed by atoms with Gasteiger partial charge in [-0.3, -0.25) is 0 Å². The molecule has 1 atom stereocenters. The number of nitrogens with one attached hydrogen (secondary N) is 1. The molecule has 4 heteroatoms. The molecule has 0 spiro atoms. The van der Waals surface area contributed by atoms with E-state index in [4.69, 9.17) is 0 Å². The quantitative estimate of drug-likeness (QED) is 0.871. The first-order valence-corrected chi connectivity index (χ1v) is 6.59. The molecule has 0 aromatic carbocycles. The Balaban J connectivity index is 2.20.